The number of hydrogen-bond acceptors (Lipinski definition) is 5. The van der Waals surface area contributed by atoms with Gasteiger partial charge in [-0.1, -0.05) is 0 Å². The van der Waals surface area contributed by atoms with Gasteiger partial charge in [-0.3, -0.25) is 4.98 Å². The molecule has 0 aromatic carbocycles. The van der Waals surface area contributed by atoms with Crippen molar-refractivity contribution in [1.29, 1.82) is 0 Å². The van der Waals surface area contributed by atoms with Crippen LogP contribution in [0.5, 0.6) is 0 Å². The number of fused-ring (bicyclic) bond motifs is 1. The number of nitrogens with two attached hydrogens (primary N) is 1. The van der Waals surface area contributed by atoms with Gasteiger partial charge in [0.1, 0.15) is 5.52 Å². The molecule has 1 atom stereocenters. The summed E-state index contributed by atoms with van der Waals surface area (Å²) in [5.74, 6) is -0.195. The van der Waals surface area contributed by atoms with Gasteiger partial charge < -0.3 is 15.5 Å². The molecule has 3 rings (SSSR count). The molecule has 90 valence electrons. The summed E-state index contributed by atoms with van der Waals surface area (Å²) in [5.41, 5.74) is 8.31. The van der Waals surface area contributed by atoms with E-state index in [4.69, 9.17) is 10.2 Å². The Morgan fingerprint density at radius 2 is 2.41 bits per heavy atom. The van der Waals surface area contributed by atoms with Crippen LogP contribution in [0.4, 0.5) is 5.69 Å². The normalized spacial score (nSPS) is 20.8. The number of nitrogen functional groups attached to an aromatic ring is 1. The van der Waals surface area contributed by atoms with Crippen molar-refractivity contribution in [2.24, 2.45) is 0 Å². The molecule has 1 unspecified atom stereocenters. The van der Waals surface area contributed by atoms with Crippen LogP contribution in [0.2, 0.25) is 0 Å². The molecule has 0 bridgehead atoms. The van der Waals surface area contributed by atoms with Crippen LogP contribution < -0.4 is 16.8 Å². The maximum absolute atomic E-state index is 11.1. The minimum atomic E-state index is -0.495. The highest BCUT2D eigenvalue weighted by atomic mass is 16.4. The van der Waals surface area contributed by atoms with E-state index in [0.29, 0.717) is 22.8 Å². The van der Waals surface area contributed by atoms with Crippen LogP contribution in [0.3, 0.4) is 0 Å². The van der Waals surface area contributed by atoms with Gasteiger partial charge in [0.15, 0.2) is 0 Å². The highest BCUT2D eigenvalue weighted by molar-refractivity contribution is 5.73. The molecule has 6 heteroatoms. The van der Waals surface area contributed by atoms with Gasteiger partial charge in [0.05, 0.1) is 11.4 Å². The fraction of sp³-hybridized carbons (Fsp3) is 0.455. The van der Waals surface area contributed by atoms with Gasteiger partial charge in [0.25, 0.3) is 0 Å². The van der Waals surface area contributed by atoms with Gasteiger partial charge >= 0.3 is 5.76 Å². The lowest BCUT2D eigenvalue weighted by Crippen LogP contribution is -2.29. The zero-order chi connectivity index (χ0) is 11.8. The van der Waals surface area contributed by atoms with Crippen molar-refractivity contribution >= 4 is 16.9 Å². The fourth-order valence-corrected chi connectivity index (χ4v) is 2.33. The number of H-pyrrole nitrogens is 1. The number of rotatable bonds is 1. The van der Waals surface area contributed by atoms with Crippen molar-refractivity contribution in [3.8, 4) is 0 Å². The van der Waals surface area contributed by atoms with Gasteiger partial charge in [-0.05, 0) is 25.5 Å². The summed E-state index contributed by atoms with van der Waals surface area (Å²) >= 11 is 0. The van der Waals surface area contributed by atoms with Crippen LogP contribution in [-0.2, 0) is 0 Å². The Hall–Kier alpha value is -1.82. The molecule has 0 spiro atoms. The number of aromatic amines is 1. The molecule has 0 radical (unpaired) electrons. The third kappa shape index (κ3) is 1.80. The van der Waals surface area contributed by atoms with Crippen molar-refractivity contribution in [2.45, 2.75) is 18.8 Å². The van der Waals surface area contributed by atoms with E-state index in [2.05, 4.69) is 15.3 Å². The second-order valence-electron chi connectivity index (χ2n) is 4.37. The molecule has 0 aliphatic carbocycles. The van der Waals surface area contributed by atoms with Crippen molar-refractivity contribution in [3.63, 3.8) is 0 Å². The van der Waals surface area contributed by atoms with Crippen LogP contribution in [0.15, 0.2) is 15.3 Å². The molecule has 2 aromatic heterocycles. The predicted octanol–water partition coefficient (Wildman–Crippen LogP) is 0.565. The summed E-state index contributed by atoms with van der Waals surface area (Å²) in [7, 11) is 0. The molecule has 6 nitrogen and oxygen atoms in total. The Morgan fingerprint density at radius 3 is 3.18 bits per heavy atom. The molecule has 4 N–H and O–H groups in total. The first kappa shape index (κ1) is 10.3. The Labute approximate surface area is 97.2 Å². The van der Waals surface area contributed by atoms with E-state index in [9.17, 15) is 4.79 Å². The highest BCUT2D eigenvalue weighted by Crippen LogP contribution is 2.27. The predicted molar refractivity (Wildman–Crippen MR) is 63.9 cm³/mol. The minimum absolute atomic E-state index is 0.299. The molecule has 1 aliphatic rings. The largest absolute Gasteiger partial charge is 0.418 e. The summed E-state index contributed by atoms with van der Waals surface area (Å²) in [6.45, 7) is 1.91. The van der Waals surface area contributed by atoms with Gasteiger partial charge in [-0.25, -0.2) is 9.78 Å². The third-order valence-electron chi connectivity index (χ3n) is 3.16. The zero-order valence-corrected chi connectivity index (χ0v) is 9.32. The number of nitrogens with one attached hydrogen (secondary N) is 2. The van der Waals surface area contributed by atoms with E-state index >= 15 is 0 Å². The average molecular weight is 234 g/mol. The standard InChI is InChI=1S/C11H14N4O2/c12-7-4-8-10(17-11(16)14-8)15-9(7)6-2-1-3-13-5-6/h4,6,13H,1-3,5,12H2,(H,14,16). The topological polar surface area (TPSA) is 96.9 Å². The quantitative estimate of drug-likeness (QED) is 0.670. The van der Waals surface area contributed by atoms with Gasteiger partial charge in [0, 0.05) is 12.5 Å². The average Bonchev–Trinajstić information content (AvgIpc) is 2.68. The van der Waals surface area contributed by atoms with E-state index in [0.717, 1.165) is 31.6 Å². The van der Waals surface area contributed by atoms with Gasteiger partial charge in [-0.2, -0.15) is 0 Å². The minimum Gasteiger partial charge on any atom is -0.397 e. The number of pyridine rings is 1. The van der Waals surface area contributed by atoms with Crippen LogP contribution in [0.25, 0.3) is 11.2 Å². The fourth-order valence-electron chi connectivity index (χ4n) is 2.33. The molecule has 1 aliphatic heterocycles. The van der Waals surface area contributed by atoms with Crippen LogP contribution in [-0.4, -0.2) is 23.1 Å². The summed E-state index contributed by atoms with van der Waals surface area (Å²) in [6, 6.07) is 1.72. The van der Waals surface area contributed by atoms with Crippen LogP contribution in [0, 0.1) is 0 Å². The summed E-state index contributed by atoms with van der Waals surface area (Å²) in [6.07, 6.45) is 2.17. The molecular weight excluding hydrogens is 220 g/mol. The summed E-state index contributed by atoms with van der Waals surface area (Å²) < 4.78 is 4.96. The Kier molecular flexibility index (Phi) is 2.36. The van der Waals surface area contributed by atoms with E-state index in [1.165, 1.54) is 0 Å². The molecule has 1 saturated heterocycles. The molecular formula is C11H14N4O2. The maximum atomic E-state index is 11.1. The second-order valence-corrected chi connectivity index (χ2v) is 4.37. The SMILES string of the molecule is Nc1cc2[nH]c(=O)oc2nc1C1CCCNC1. The second kappa shape index (κ2) is 3.89. The third-order valence-corrected chi connectivity index (χ3v) is 3.16. The molecule has 2 aromatic rings. The summed E-state index contributed by atoms with van der Waals surface area (Å²) in [5, 5.41) is 3.32. The van der Waals surface area contributed by atoms with Crippen LogP contribution in [0.1, 0.15) is 24.5 Å². The van der Waals surface area contributed by atoms with E-state index in [1.54, 1.807) is 6.07 Å². The Morgan fingerprint density at radius 1 is 1.53 bits per heavy atom. The first-order chi connectivity index (χ1) is 8.24. The molecule has 3 heterocycles. The monoisotopic (exact) mass is 234 g/mol. The first-order valence-electron chi connectivity index (χ1n) is 5.74. The number of anilines is 1. The smallest absolute Gasteiger partial charge is 0.397 e. The van der Waals surface area contributed by atoms with E-state index in [1.807, 2.05) is 0 Å². The molecule has 0 amide bonds. The first-order valence-corrected chi connectivity index (χ1v) is 5.74. The number of piperidine rings is 1. The van der Waals surface area contributed by atoms with E-state index in [-0.39, 0.29) is 0 Å². The Balaban J connectivity index is 2.08. The molecule has 1 fully saturated rings. The van der Waals surface area contributed by atoms with Gasteiger partial charge in [-0.15, -0.1) is 0 Å². The van der Waals surface area contributed by atoms with Crippen molar-refractivity contribution in [3.05, 3.63) is 22.3 Å². The van der Waals surface area contributed by atoms with Gasteiger partial charge in [0.2, 0.25) is 5.71 Å². The summed E-state index contributed by atoms with van der Waals surface area (Å²) in [4.78, 5) is 18.0. The highest BCUT2D eigenvalue weighted by Gasteiger charge is 2.20. The van der Waals surface area contributed by atoms with Crippen LogP contribution >= 0.6 is 0 Å². The van der Waals surface area contributed by atoms with Crippen molar-refractivity contribution in [1.82, 2.24) is 15.3 Å². The lowest BCUT2D eigenvalue weighted by atomic mass is 9.94. The maximum Gasteiger partial charge on any atom is 0.418 e. The number of nitrogens with zero attached hydrogens (tertiary/aromatic N) is 1. The van der Waals surface area contributed by atoms with Crippen molar-refractivity contribution in [2.75, 3.05) is 18.8 Å². The Bertz CT molecular complexity index is 595. The zero-order valence-electron chi connectivity index (χ0n) is 9.32. The van der Waals surface area contributed by atoms with Crippen molar-refractivity contribution < 1.29 is 4.42 Å². The number of aromatic nitrogens is 2. The lowest BCUT2D eigenvalue weighted by Gasteiger charge is -2.23. The lowest BCUT2D eigenvalue weighted by molar-refractivity contribution is 0.454. The number of oxazole rings is 1. The number of hydrogen-bond donors (Lipinski definition) is 3. The molecule has 0 saturated carbocycles. The van der Waals surface area contributed by atoms with E-state index < -0.39 is 5.76 Å². The molecule has 17 heavy (non-hydrogen) atoms.